The Labute approximate surface area is 194 Å². The van der Waals surface area contributed by atoms with Gasteiger partial charge in [0.05, 0.1) is 0 Å². The summed E-state index contributed by atoms with van der Waals surface area (Å²) in [5, 5.41) is -5.93. The minimum atomic E-state index is -7.34. The average Bonchev–Trinajstić information content (AvgIpc) is 3.20. The molecule has 0 aromatic heterocycles. The van der Waals surface area contributed by atoms with Crippen molar-refractivity contribution in [2.75, 3.05) is 17.8 Å². The van der Waals surface area contributed by atoms with E-state index in [1.54, 1.807) is 24.5 Å². The number of fused-ring (bicyclic) bond motifs is 1. The predicted molar refractivity (Wildman–Crippen MR) is 111 cm³/mol. The van der Waals surface area contributed by atoms with Crippen molar-refractivity contribution in [1.82, 2.24) is 0 Å². The smallest absolute Gasteiger partial charge is 0.211 e. The summed E-state index contributed by atoms with van der Waals surface area (Å²) in [7, 11) is -10.3. The maximum Gasteiger partial charge on any atom is 0.460 e. The molecule has 0 bridgehead atoms. The topological polar surface area (TPSA) is 43.4 Å². The molecule has 3 rings (SSSR count). The van der Waals surface area contributed by atoms with E-state index >= 15 is 0 Å². The van der Waals surface area contributed by atoms with Crippen LogP contribution < -0.4 is 0 Å². The summed E-state index contributed by atoms with van der Waals surface area (Å²) in [4.78, 5) is 0.820. The average molecular weight is 561 g/mol. The van der Waals surface area contributed by atoms with Gasteiger partial charge in [-0.05, 0) is 42.0 Å². The Bertz CT molecular complexity index is 1170. The van der Waals surface area contributed by atoms with Gasteiger partial charge in [0.25, 0.3) is 0 Å². The highest BCUT2D eigenvalue weighted by Gasteiger charge is 2.86. The quantitative estimate of drug-likeness (QED) is 0.265. The van der Waals surface area contributed by atoms with Crippen LogP contribution in [0.2, 0.25) is 0 Å². The van der Waals surface area contributed by atoms with Crippen LogP contribution in [0.25, 0.3) is 10.8 Å². The summed E-state index contributed by atoms with van der Waals surface area (Å²) in [6.45, 7) is 0. The van der Waals surface area contributed by atoms with Crippen LogP contribution in [-0.4, -0.2) is 49.5 Å². The minimum Gasteiger partial charge on any atom is -0.211 e. The van der Waals surface area contributed by atoms with E-state index in [1.807, 2.05) is 0 Å². The van der Waals surface area contributed by atoms with Crippen molar-refractivity contribution < 1.29 is 51.6 Å². The van der Waals surface area contributed by atoms with Crippen LogP contribution in [0.4, 0.5) is 39.5 Å². The van der Waals surface area contributed by atoms with Gasteiger partial charge in [-0.15, -0.1) is 11.8 Å². The van der Waals surface area contributed by atoms with Crippen molar-refractivity contribution in [3.05, 3.63) is 36.4 Å². The van der Waals surface area contributed by atoms with Crippen LogP contribution in [0.1, 0.15) is 12.8 Å². The van der Waals surface area contributed by atoms with E-state index in [4.69, 9.17) is 0 Å². The zero-order valence-corrected chi connectivity index (χ0v) is 19.6. The van der Waals surface area contributed by atoms with Crippen molar-refractivity contribution in [2.24, 2.45) is 0 Å². The maximum absolute atomic E-state index is 14.3. The van der Waals surface area contributed by atoms with Crippen LogP contribution in [0, 0.1) is 0 Å². The van der Waals surface area contributed by atoms with Gasteiger partial charge < -0.3 is 0 Å². The van der Waals surface area contributed by atoms with Crippen molar-refractivity contribution in [2.45, 2.75) is 45.9 Å². The predicted octanol–water partition coefficient (Wildman–Crippen LogP) is 7.21. The maximum atomic E-state index is 14.3. The minimum absolute atomic E-state index is 0.101. The largest absolute Gasteiger partial charge is 0.460 e. The molecule has 0 amide bonds. The number of rotatable bonds is 7. The van der Waals surface area contributed by atoms with Gasteiger partial charge in [-0.3, -0.25) is 0 Å². The first-order chi connectivity index (χ1) is 15.5. The Kier molecular flexibility index (Phi) is 6.95. The molecule has 2 aromatic rings. The molecule has 0 aliphatic carbocycles. The first-order valence-electron chi connectivity index (χ1n) is 9.45. The van der Waals surface area contributed by atoms with Crippen molar-refractivity contribution in [1.29, 1.82) is 0 Å². The second-order valence-corrected chi connectivity index (χ2v) is 13.1. The second-order valence-electron chi connectivity index (χ2n) is 7.42. The summed E-state index contributed by atoms with van der Waals surface area (Å²) in [6.07, 6.45) is -4.92. The second kappa shape index (κ2) is 8.66. The van der Waals surface area contributed by atoms with Crippen LogP contribution in [0.15, 0.2) is 46.2 Å². The summed E-state index contributed by atoms with van der Waals surface area (Å²) >= 11 is 1.32. The van der Waals surface area contributed by atoms with Gasteiger partial charge in [-0.2, -0.15) is 47.9 Å². The molecule has 0 N–H and O–H groups in total. The van der Waals surface area contributed by atoms with Crippen LogP contribution in [0.5, 0.6) is 0 Å². The summed E-state index contributed by atoms with van der Waals surface area (Å²) in [6, 6.07) is 9.29. The van der Waals surface area contributed by atoms with E-state index in [-0.39, 0.29) is 29.2 Å². The fraction of sp³-hybridized carbons (Fsp3) is 0.474. The molecule has 0 unspecified atom stereocenters. The highest BCUT2D eigenvalue weighted by Crippen LogP contribution is 2.66. The lowest BCUT2D eigenvalue weighted by atomic mass is 10.1. The third kappa shape index (κ3) is 4.05. The molecule has 34 heavy (non-hydrogen) atoms. The molecule has 15 heteroatoms. The van der Waals surface area contributed by atoms with Gasteiger partial charge in [0, 0.05) is 21.3 Å². The lowest BCUT2D eigenvalue weighted by Gasteiger charge is -2.38. The van der Waals surface area contributed by atoms with Crippen molar-refractivity contribution in [3.63, 3.8) is 0 Å². The first kappa shape index (κ1) is 27.3. The van der Waals surface area contributed by atoms with Gasteiger partial charge in [-0.25, -0.2) is 3.63 Å². The summed E-state index contributed by atoms with van der Waals surface area (Å²) in [5.41, 5.74) is 0. The van der Waals surface area contributed by atoms with Gasteiger partial charge >= 0.3 is 33.4 Å². The molecular weight excluding hydrogens is 543 g/mol. The molecule has 1 aliphatic heterocycles. The number of benzene rings is 2. The number of hydrogen-bond acceptors (Lipinski definition) is 4. The lowest BCUT2D eigenvalue weighted by Crippen LogP contribution is -2.63. The zero-order valence-electron chi connectivity index (χ0n) is 17.1. The highest BCUT2D eigenvalue weighted by molar-refractivity contribution is 8.33. The Morgan fingerprint density at radius 2 is 1.35 bits per heavy atom. The molecular formula is C19H17F9O3S3. The monoisotopic (exact) mass is 560 g/mol. The molecule has 0 spiro atoms. The third-order valence-corrected chi connectivity index (χ3v) is 11.8. The van der Waals surface area contributed by atoms with E-state index < -0.39 is 43.7 Å². The molecule has 1 heterocycles. The SMILES string of the molecule is CSc1ccc(S2(OS(=O)(=O)C(F)(F)C(F)(F)C(F)(F)C(F)(F)F)CCCC2)c2ccccc12. The number of halogens is 9. The van der Waals surface area contributed by atoms with E-state index in [0.29, 0.717) is 10.8 Å². The molecule has 3 nitrogen and oxygen atoms in total. The summed E-state index contributed by atoms with van der Waals surface area (Å²) in [5.74, 6) is -15.1. The summed E-state index contributed by atoms with van der Waals surface area (Å²) < 4.78 is 150. The van der Waals surface area contributed by atoms with E-state index in [9.17, 15) is 47.9 Å². The van der Waals surface area contributed by atoms with E-state index in [1.165, 1.54) is 30.0 Å². The number of hydrogen-bond donors (Lipinski definition) is 0. The van der Waals surface area contributed by atoms with Gasteiger partial charge in [0.2, 0.25) is 0 Å². The van der Waals surface area contributed by atoms with E-state index in [2.05, 4.69) is 3.63 Å². The van der Waals surface area contributed by atoms with Gasteiger partial charge in [0.1, 0.15) is 0 Å². The standard InChI is InChI=1S/C19H17F9O3S3/c1-32-14-8-9-15(13-7-3-2-6-12(13)14)33(10-4-5-11-33)31-34(29,30)19(27,28)17(22,23)16(20,21)18(24,25)26/h2-3,6-9H,4-5,10-11H2,1H3. The Morgan fingerprint density at radius 3 is 1.85 bits per heavy atom. The Hall–Kier alpha value is -1.32. The molecule has 1 saturated heterocycles. The van der Waals surface area contributed by atoms with Crippen molar-refractivity contribution >= 4 is 43.0 Å². The van der Waals surface area contributed by atoms with Crippen molar-refractivity contribution in [3.8, 4) is 0 Å². The van der Waals surface area contributed by atoms with Crippen LogP contribution >= 0.6 is 22.1 Å². The lowest BCUT2D eigenvalue weighted by molar-refractivity contribution is -0.382. The number of alkyl halides is 9. The molecule has 1 aliphatic rings. The fourth-order valence-electron chi connectivity index (χ4n) is 3.58. The van der Waals surface area contributed by atoms with Crippen LogP contribution in [-0.2, 0) is 13.7 Å². The first-order valence-corrected chi connectivity index (χ1v) is 14.0. The van der Waals surface area contributed by atoms with E-state index in [0.717, 1.165) is 4.90 Å². The van der Waals surface area contributed by atoms with Gasteiger partial charge in [-0.1, -0.05) is 34.6 Å². The molecule has 0 radical (unpaired) electrons. The Balaban J connectivity index is 2.15. The normalized spacial score (nSPS) is 18.9. The molecule has 0 saturated carbocycles. The Morgan fingerprint density at radius 1 is 0.824 bits per heavy atom. The molecule has 192 valence electrons. The van der Waals surface area contributed by atoms with Gasteiger partial charge in [0.15, 0.2) is 0 Å². The zero-order chi connectivity index (χ0) is 25.8. The highest BCUT2D eigenvalue weighted by atomic mass is 32.3. The third-order valence-electron chi connectivity index (χ3n) is 5.31. The molecule has 2 aromatic carbocycles. The molecule has 0 atom stereocenters. The molecule has 1 fully saturated rings. The van der Waals surface area contributed by atoms with Crippen LogP contribution in [0.3, 0.4) is 0 Å². The number of thioether (sulfide) groups is 1. The fourth-order valence-corrected chi connectivity index (χ4v) is 10.1.